The minimum absolute atomic E-state index is 0.0401. The quantitative estimate of drug-likeness (QED) is 0.817. The third-order valence-corrected chi connectivity index (χ3v) is 3.92. The molecule has 0 bridgehead atoms. The maximum Gasteiger partial charge on any atom is 0.308 e. The lowest BCUT2D eigenvalue weighted by molar-refractivity contribution is -0.148. The first-order chi connectivity index (χ1) is 7.75. The molecule has 1 saturated carbocycles. The van der Waals surface area contributed by atoms with Crippen LogP contribution in [-0.4, -0.2) is 18.6 Å². The number of ether oxygens (including phenoxy) is 1. The van der Waals surface area contributed by atoms with E-state index in [2.05, 4.69) is 6.07 Å². The van der Waals surface area contributed by atoms with Crippen molar-refractivity contribution in [2.45, 2.75) is 31.7 Å². The molecule has 1 aliphatic rings. The van der Waals surface area contributed by atoms with Gasteiger partial charge in [-0.3, -0.25) is 4.79 Å². The van der Waals surface area contributed by atoms with Gasteiger partial charge in [-0.25, -0.2) is 0 Å². The molecule has 2 rings (SSSR count). The second kappa shape index (κ2) is 5.46. The summed E-state index contributed by atoms with van der Waals surface area (Å²) in [6.45, 7) is 0.491. The van der Waals surface area contributed by atoms with Crippen LogP contribution in [0.15, 0.2) is 17.5 Å². The third-order valence-electron chi connectivity index (χ3n) is 2.98. The molecule has 1 fully saturated rings. The van der Waals surface area contributed by atoms with Gasteiger partial charge >= 0.3 is 5.97 Å². The van der Waals surface area contributed by atoms with E-state index in [4.69, 9.17) is 10.5 Å². The van der Waals surface area contributed by atoms with E-state index in [0.29, 0.717) is 6.61 Å². The van der Waals surface area contributed by atoms with Crippen LogP contribution in [0.2, 0.25) is 0 Å². The fraction of sp³-hybridized carbons (Fsp3) is 0.583. The first-order valence-electron chi connectivity index (χ1n) is 5.70. The SMILES string of the molecule is NC1CCC(C(=O)OCCc2cccs2)C1. The summed E-state index contributed by atoms with van der Waals surface area (Å²) in [5.74, 6) is -0.0251. The molecule has 1 aromatic rings. The summed E-state index contributed by atoms with van der Waals surface area (Å²) in [6.07, 6.45) is 3.45. The maximum absolute atomic E-state index is 11.6. The van der Waals surface area contributed by atoms with Gasteiger partial charge in [0.25, 0.3) is 0 Å². The summed E-state index contributed by atoms with van der Waals surface area (Å²) in [7, 11) is 0. The zero-order valence-electron chi connectivity index (χ0n) is 9.22. The van der Waals surface area contributed by atoms with Crippen LogP contribution < -0.4 is 5.73 Å². The Hall–Kier alpha value is -0.870. The van der Waals surface area contributed by atoms with Crippen molar-refractivity contribution < 1.29 is 9.53 Å². The highest BCUT2D eigenvalue weighted by Crippen LogP contribution is 2.25. The molecule has 2 N–H and O–H groups in total. The number of thiophene rings is 1. The standard InChI is InChI=1S/C12H17NO2S/c13-10-4-3-9(8-10)12(14)15-6-5-11-2-1-7-16-11/h1-2,7,9-10H,3-6,8,13H2. The van der Waals surface area contributed by atoms with E-state index >= 15 is 0 Å². The Bertz CT molecular complexity index is 337. The van der Waals surface area contributed by atoms with E-state index in [9.17, 15) is 4.79 Å². The Morgan fingerprint density at radius 3 is 3.06 bits per heavy atom. The first kappa shape index (κ1) is 11.6. The fourth-order valence-corrected chi connectivity index (χ4v) is 2.75. The van der Waals surface area contributed by atoms with Gasteiger partial charge in [-0.05, 0) is 30.7 Å². The molecule has 2 atom stereocenters. The van der Waals surface area contributed by atoms with Gasteiger partial charge in [-0.1, -0.05) is 6.07 Å². The minimum Gasteiger partial charge on any atom is -0.465 e. The average Bonchev–Trinajstić information content (AvgIpc) is 2.89. The molecule has 4 heteroatoms. The molecular formula is C12H17NO2S. The van der Waals surface area contributed by atoms with Crippen molar-refractivity contribution in [1.29, 1.82) is 0 Å². The third kappa shape index (κ3) is 3.06. The number of hydrogen-bond donors (Lipinski definition) is 1. The lowest BCUT2D eigenvalue weighted by atomic mass is 10.1. The molecule has 1 heterocycles. The van der Waals surface area contributed by atoms with Gasteiger partial charge in [0.1, 0.15) is 0 Å². The van der Waals surface area contributed by atoms with Crippen LogP contribution >= 0.6 is 11.3 Å². The van der Waals surface area contributed by atoms with E-state index in [1.807, 2.05) is 11.4 Å². The first-order valence-corrected chi connectivity index (χ1v) is 6.58. The predicted octanol–water partition coefficient (Wildman–Crippen LogP) is 1.96. The molecule has 88 valence electrons. The Labute approximate surface area is 99.6 Å². The lowest BCUT2D eigenvalue weighted by Gasteiger charge is -2.09. The molecule has 2 unspecified atom stereocenters. The van der Waals surface area contributed by atoms with Crippen LogP contribution in [0.25, 0.3) is 0 Å². The molecule has 0 radical (unpaired) electrons. The number of hydrogen-bond acceptors (Lipinski definition) is 4. The lowest BCUT2D eigenvalue weighted by Crippen LogP contribution is -2.20. The number of carbonyl (C=O) groups excluding carboxylic acids is 1. The fourth-order valence-electron chi connectivity index (χ4n) is 2.06. The number of carbonyl (C=O) groups is 1. The van der Waals surface area contributed by atoms with E-state index in [1.54, 1.807) is 11.3 Å². The smallest absolute Gasteiger partial charge is 0.308 e. The highest BCUT2D eigenvalue weighted by molar-refractivity contribution is 7.09. The van der Waals surface area contributed by atoms with Crippen molar-refractivity contribution in [2.75, 3.05) is 6.61 Å². The molecule has 0 saturated heterocycles. The largest absolute Gasteiger partial charge is 0.465 e. The summed E-state index contributed by atoms with van der Waals surface area (Å²) in [6, 6.07) is 4.26. The van der Waals surface area contributed by atoms with Gasteiger partial charge in [0.15, 0.2) is 0 Å². The van der Waals surface area contributed by atoms with E-state index in [1.165, 1.54) is 4.88 Å². The summed E-state index contributed by atoms with van der Waals surface area (Å²) in [5, 5.41) is 2.03. The number of nitrogens with two attached hydrogens (primary N) is 1. The second-order valence-corrected chi connectivity index (χ2v) is 5.30. The van der Waals surface area contributed by atoms with Gasteiger partial charge in [0.2, 0.25) is 0 Å². The zero-order valence-corrected chi connectivity index (χ0v) is 10.0. The molecule has 16 heavy (non-hydrogen) atoms. The van der Waals surface area contributed by atoms with Crippen molar-refractivity contribution >= 4 is 17.3 Å². The molecule has 0 aromatic carbocycles. The molecule has 1 aliphatic carbocycles. The topological polar surface area (TPSA) is 52.3 Å². The van der Waals surface area contributed by atoms with Crippen LogP contribution in [0.4, 0.5) is 0 Å². The van der Waals surface area contributed by atoms with Crippen molar-refractivity contribution in [1.82, 2.24) is 0 Å². The summed E-state index contributed by atoms with van der Waals surface area (Å²) in [5.41, 5.74) is 5.76. The number of esters is 1. The molecular weight excluding hydrogens is 222 g/mol. The van der Waals surface area contributed by atoms with Crippen molar-refractivity contribution in [2.24, 2.45) is 11.7 Å². The molecule has 1 aromatic heterocycles. The Balaban J connectivity index is 1.68. The molecule has 0 spiro atoms. The number of rotatable bonds is 4. The average molecular weight is 239 g/mol. The van der Waals surface area contributed by atoms with Crippen LogP contribution in [0.3, 0.4) is 0 Å². The minimum atomic E-state index is -0.0653. The second-order valence-electron chi connectivity index (χ2n) is 4.27. The van der Waals surface area contributed by atoms with Gasteiger partial charge in [0, 0.05) is 17.3 Å². The predicted molar refractivity (Wildman–Crippen MR) is 64.3 cm³/mol. The van der Waals surface area contributed by atoms with Gasteiger partial charge in [-0.2, -0.15) is 0 Å². The van der Waals surface area contributed by atoms with E-state index < -0.39 is 0 Å². The van der Waals surface area contributed by atoms with Gasteiger partial charge in [0.05, 0.1) is 12.5 Å². The van der Waals surface area contributed by atoms with Crippen LogP contribution in [-0.2, 0) is 16.0 Å². The molecule has 0 amide bonds. The van der Waals surface area contributed by atoms with Crippen molar-refractivity contribution in [3.63, 3.8) is 0 Å². The van der Waals surface area contributed by atoms with Gasteiger partial charge in [-0.15, -0.1) is 11.3 Å². The summed E-state index contributed by atoms with van der Waals surface area (Å²) >= 11 is 1.70. The van der Waals surface area contributed by atoms with Crippen LogP contribution in [0.5, 0.6) is 0 Å². The highest BCUT2D eigenvalue weighted by atomic mass is 32.1. The van der Waals surface area contributed by atoms with Crippen molar-refractivity contribution in [3.05, 3.63) is 22.4 Å². The highest BCUT2D eigenvalue weighted by Gasteiger charge is 2.28. The Kier molecular flexibility index (Phi) is 3.96. The Morgan fingerprint density at radius 1 is 1.56 bits per heavy atom. The van der Waals surface area contributed by atoms with Crippen LogP contribution in [0, 0.1) is 5.92 Å². The monoisotopic (exact) mass is 239 g/mol. The van der Waals surface area contributed by atoms with Gasteiger partial charge < -0.3 is 10.5 Å². The Morgan fingerprint density at radius 2 is 2.44 bits per heavy atom. The van der Waals surface area contributed by atoms with Crippen LogP contribution in [0.1, 0.15) is 24.1 Å². The normalized spacial score (nSPS) is 24.6. The maximum atomic E-state index is 11.6. The summed E-state index contributed by atoms with van der Waals surface area (Å²) < 4.78 is 5.26. The molecule has 0 aliphatic heterocycles. The zero-order chi connectivity index (χ0) is 11.4. The van der Waals surface area contributed by atoms with Crippen molar-refractivity contribution in [3.8, 4) is 0 Å². The molecule has 3 nitrogen and oxygen atoms in total. The van der Waals surface area contributed by atoms with E-state index in [-0.39, 0.29) is 17.9 Å². The summed E-state index contributed by atoms with van der Waals surface area (Å²) in [4.78, 5) is 12.9. The van der Waals surface area contributed by atoms with E-state index in [0.717, 1.165) is 25.7 Å².